The second kappa shape index (κ2) is 4.11. The fourth-order valence-electron chi connectivity index (χ4n) is 2.27. The Bertz CT molecular complexity index is 532. The highest BCUT2D eigenvalue weighted by molar-refractivity contribution is 5.86. The minimum atomic E-state index is -1.00. The Labute approximate surface area is 110 Å². The van der Waals surface area contributed by atoms with E-state index in [1.807, 2.05) is 0 Å². The zero-order valence-electron chi connectivity index (χ0n) is 10.6. The molecule has 0 aliphatic heterocycles. The van der Waals surface area contributed by atoms with Crippen molar-refractivity contribution in [3.63, 3.8) is 0 Å². The Kier molecular flexibility index (Phi) is 2.66. The summed E-state index contributed by atoms with van der Waals surface area (Å²) in [5.41, 5.74) is -0.594. The molecule has 0 aromatic heterocycles. The molecule has 0 radical (unpaired) electrons. The summed E-state index contributed by atoms with van der Waals surface area (Å²) < 4.78 is 24.5. The summed E-state index contributed by atoms with van der Waals surface area (Å²) >= 11 is 0. The molecule has 2 aliphatic carbocycles. The Morgan fingerprint density at radius 3 is 2.58 bits per heavy atom. The maximum Gasteiger partial charge on any atom is 0.314 e. The summed E-state index contributed by atoms with van der Waals surface area (Å²) in [6.07, 6.45) is 3.01. The zero-order chi connectivity index (χ0) is 13.6. The number of aliphatic carboxylic acids is 1. The largest absolute Gasteiger partial charge is 0.493 e. The summed E-state index contributed by atoms with van der Waals surface area (Å²) in [4.78, 5) is 11.4. The summed E-state index contributed by atoms with van der Waals surface area (Å²) in [5, 5.41) is 9.37. The molecule has 102 valence electrons. The molecule has 19 heavy (non-hydrogen) atoms. The van der Waals surface area contributed by atoms with Crippen LogP contribution in [0, 0.1) is 5.82 Å². The number of carboxylic acids is 1. The Morgan fingerprint density at radius 2 is 2.11 bits per heavy atom. The first-order valence-electron chi connectivity index (χ1n) is 6.35. The molecular formula is C14H15FO4. The van der Waals surface area contributed by atoms with E-state index in [1.165, 1.54) is 19.2 Å². The van der Waals surface area contributed by atoms with E-state index in [4.69, 9.17) is 9.47 Å². The van der Waals surface area contributed by atoms with Gasteiger partial charge in [-0.25, -0.2) is 4.39 Å². The van der Waals surface area contributed by atoms with E-state index in [0.717, 1.165) is 12.8 Å². The minimum Gasteiger partial charge on any atom is -0.493 e. The average molecular weight is 266 g/mol. The van der Waals surface area contributed by atoms with Crippen LogP contribution in [-0.4, -0.2) is 24.3 Å². The van der Waals surface area contributed by atoms with Gasteiger partial charge in [0.1, 0.15) is 5.82 Å². The number of methoxy groups -OCH3 is 1. The third-order valence-corrected chi connectivity index (χ3v) is 3.72. The van der Waals surface area contributed by atoms with Crippen LogP contribution in [0.2, 0.25) is 0 Å². The van der Waals surface area contributed by atoms with E-state index in [0.29, 0.717) is 24.2 Å². The van der Waals surface area contributed by atoms with Gasteiger partial charge >= 0.3 is 5.97 Å². The minimum absolute atomic E-state index is 0.0997. The molecule has 4 nitrogen and oxygen atoms in total. The molecule has 2 fully saturated rings. The third kappa shape index (κ3) is 2.03. The number of ether oxygens (including phenoxy) is 2. The molecule has 2 aliphatic rings. The summed E-state index contributed by atoms with van der Waals surface area (Å²) in [6, 6.07) is 2.50. The number of carboxylic acid groups (broad SMARTS) is 1. The van der Waals surface area contributed by atoms with Crippen LogP contribution in [0.4, 0.5) is 4.39 Å². The molecular weight excluding hydrogens is 251 g/mol. The van der Waals surface area contributed by atoms with E-state index in [1.54, 1.807) is 0 Å². The molecule has 0 unspecified atom stereocenters. The molecule has 1 N–H and O–H groups in total. The number of benzene rings is 1. The maximum atomic E-state index is 13.6. The predicted molar refractivity (Wildman–Crippen MR) is 65.1 cm³/mol. The Hall–Kier alpha value is -1.78. The van der Waals surface area contributed by atoms with Crippen LogP contribution in [0.15, 0.2) is 12.1 Å². The van der Waals surface area contributed by atoms with Gasteiger partial charge in [-0.15, -0.1) is 0 Å². The fourth-order valence-corrected chi connectivity index (χ4v) is 2.27. The van der Waals surface area contributed by atoms with Crippen LogP contribution in [0.5, 0.6) is 11.5 Å². The molecule has 0 amide bonds. The van der Waals surface area contributed by atoms with E-state index in [2.05, 4.69) is 0 Å². The lowest BCUT2D eigenvalue weighted by atomic mass is 9.94. The second-order valence-electron chi connectivity index (χ2n) is 5.19. The molecule has 1 aromatic carbocycles. The van der Waals surface area contributed by atoms with Crippen LogP contribution in [0.3, 0.4) is 0 Å². The van der Waals surface area contributed by atoms with Gasteiger partial charge in [0, 0.05) is 11.6 Å². The van der Waals surface area contributed by atoms with E-state index in [-0.39, 0.29) is 11.9 Å². The third-order valence-electron chi connectivity index (χ3n) is 3.72. The van der Waals surface area contributed by atoms with Crippen molar-refractivity contribution in [1.29, 1.82) is 0 Å². The van der Waals surface area contributed by atoms with Crippen molar-refractivity contribution in [3.05, 3.63) is 23.5 Å². The lowest BCUT2D eigenvalue weighted by Crippen LogP contribution is -2.21. The van der Waals surface area contributed by atoms with E-state index in [9.17, 15) is 14.3 Å². The van der Waals surface area contributed by atoms with Crippen LogP contribution >= 0.6 is 0 Å². The van der Waals surface area contributed by atoms with Crippen LogP contribution in [-0.2, 0) is 10.2 Å². The molecule has 0 saturated heterocycles. The van der Waals surface area contributed by atoms with Crippen LogP contribution < -0.4 is 9.47 Å². The number of hydrogen-bond acceptors (Lipinski definition) is 3. The normalized spacial score (nSPS) is 19.9. The smallest absolute Gasteiger partial charge is 0.314 e. The van der Waals surface area contributed by atoms with Crippen molar-refractivity contribution in [2.75, 3.05) is 7.11 Å². The van der Waals surface area contributed by atoms with Gasteiger partial charge in [-0.3, -0.25) is 4.79 Å². The van der Waals surface area contributed by atoms with E-state index < -0.39 is 17.2 Å². The van der Waals surface area contributed by atoms with Gasteiger partial charge < -0.3 is 14.6 Å². The van der Waals surface area contributed by atoms with E-state index >= 15 is 0 Å². The first kappa shape index (κ1) is 12.3. The van der Waals surface area contributed by atoms with Crippen molar-refractivity contribution >= 4 is 5.97 Å². The highest BCUT2D eigenvalue weighted by atomic mass is 19.1. The van der Waals surface area contributed by atoms with Gasteiger partial charge in [-0.05, 0) is 31.7 Å². The number of rotatable bonds is 5. The molecule has 0 spiro atoms. The Balaban J connectivity index is 2.10. The molecule has 0 atom stereocenters. The molecule has 2 saturated carbocycles. The first-order valence-corrected chi connectivity index (χ1v) is 6.35. The van der Waals surface area contributed by atoms with Crippen molar-refractivity contribution in [2.24, 2.45) is 0 Å². The van der Waals surface area contributed by atoms with Crippen LogP contribution in [0.25, 0.3) is 0 Å². The predicted octanol–water partition coefficient (Wildman–Crippen LogP) is 2.49. The monoisotopic (exact) mass is 266 g/mol. The first-order chi connectivity index (χ1) is 9.06. The van der Waals surface area contributed by atoms with Gasteiger partial charge in [0.05, 0.1) is 18.6 Å². The van der Waals surface area contributed by atoms with Gasteiger partial charge in [-0.1, -0.05) is 0 Å². The average Bonchev–Trinajstić information content (AvgIpc) is 3.25. The van der Waals surface area contributed by atoms with Crippen LogP contribution in [0.1, 0.15) is 31.2 Å². The van der Waals surface area contributed by atoms with Crippen molar-refractivity contribution in [2.45, 2.75) is 37.2 Å². The molecule has 5 heteroatoms. The second-order valence-corrected chi connectivity index (χ2v) is 5.19. The maximum absolute atomic E-state index is 13.6. The fraction of sp³-hybridized carbons (Fsp3) is 0.500. The quantitative estimate of drug-likeness (QED) is 0.889. The highest BCUT2D eigenvalue weighted by Crippen LogP contribution is 2.54. The SMILES string of the molecule is COc1cc(F)cc(C2(C(=O)O)CC2)c1OC1CC1. The highest BCUT2D eigenvalue weighted by Gasteiger charge is 2.54. The van der Waals surface area contributed by atoms with Gasteiger partial charge in [-0.2, -0.15) is 0 Å². The van der Waals surface area contributed by atoms with Crippen molar-refractivity contribution < 1.29 is 23.8 Å². The summed E-state index contributed by atoms with van der Waals surface area (Å²) in [5.74, 6) is -0.760. The molecule has 0 heterocycles. The summed E-state index contributed by atoms with van der Waals surface area (Å²) in [6.45, 7) is 0. The molecule has 1 aromatic rings. The number of hydrogen-bond donors (Lipinski definition) is 1. The lowest BCUT2D eigenvalue weighted by molar-refractivity contribution is -0.140. The van der Waals surface area contributed by atoms with Crippen molar-refractivity contribution in [3.8, 4) is 11.5 Å². The molecule has 3 rings (SSSR count). The zero-order valence-corrected chi connectivity index (χ0v) is 10.6. The summed E-state index contributed by atoms with van der Waals surface area (Å²) in [7, 11) is 1.43. The Morgan fingerprint density at radius 1 is 1.42 bits per heavy atom. The number of halogens is 1. The number of carbonyl (C=O) groups is 1. The standard InChI is InChI=1S/C14H15FO4/c1-18-11-7-8(15)6-10(12(11)19-9-2-3-9)14(4-5-14)13(16)17/h6-7,9H,2-5H2,1H3,(H,16,17). The lowest BCUT2D eigenvalue weighted by Gasteiger charge is -2.19. The topological polar surface area (TPSA) is 55.8 Å². The van der Waals surface area contributed by atoms with Gasteiger partial charge in [0.25, 0.3) is 0 Å². The molecule has 0 bridgehead atoms. The van der Waals surface area contributed by atoms with Gasteiger partial charge in [0.2, 0.25) is 0 Å². The van der Waals surface area contributed by atoms with Gasteiger partial charge in [0.15, 0.2) is 11.5 Å². The van der Waals surface area contributed by atoms with Crippen molar-refractivity contribution in [1.82, 2.24) is 0 Å².